The molecule has 4 heterocycles. The van der Waals surface area contributed by atoms with Gasteiger partial charge in [0.2, 0.25) is 0 Å². The lowest BCUT2D eigenvalue weighted by atomic mass is 9.77. The Morgan fingerprint density at radius 1 is 1.28 bits per heavy atom. The fraction of sp³-hybridized carbons (Fsp3) is 0.462. The lowest BCUT2D eigenvalue weighted by Gasteiger charge is -2.40. The number of aromatic nitrogens is 3. The van der Waals surface area contributed by atoms with Crippen LogP contribution in [-0.2, 0) is 4.74 Å². The molecule has 2 fully saturated rings. The van der Waals surface area contributed by atoms with E-state index in [1.807, 2.05) is 26.2 Å². The molecule has 0 bridgehead atoms. The number of benzene rings is 1. The van der Waals surface area contributed by atoms with Crippen LogP contribution >= 0.6 is 23.2 Å². The van der Waals surface area contributed by atoms with Gasteiger partial charge in [-0.1, -0.05) is 37.0 Å². The average molecular weight is 536 g/mol. The highest BCUT2D eigenvalue weighted by Gasteiger charge is 2.45. The Morgan fingerprint density at radius 3 is 2.83 bits per heavy atom. The Labute approximate surface area is 221 Å². The van der Waals surface area contributed by atoms with Gasteiger partial charge in [-0.25, -0.2) is 9.37 Å². The Morgan fingerprint density at radius 2 is 2.08 bits per heavy atom. The Balaban J connectivity index is 0.00000148. The first-order valence-corrected chi connectivity index (χ1v) is 13.0. The van der Waals surface area contributed by atoms with Crippen LogP contribution in [0.1, 0.15) is 51.3 Å². The van der Waals surface area contributed by atoms with Crippen LogP contribution in [-0.4, -0.2) is 41.1 Å². The molecule has 2 saturated heterocycles. The van der Waals surface area contributed by atoms with Gasteiger partial charge in [0.15, 0.2) is 11.6 Å². The van der Waals surface area contributed by atoms with Crippen LogP contribution in [0.2, 0.25) is 10.0 Å². The molecule has 10 heteroatoms. The number of hydrogen-bond donors (Lipinski definition) is 2. The van der Waals surface area contributed by atoms with Gasteiger partial charge < -0.3 is 20.5 Å². The predicted molar refractivity (Wildman–Crippen MR) is 141 cm³/mol. The highest BCUT2D eigenvalue weighted by atomic mass is 35.5. The van der Waals surface area contributed by atoms with Crippen molar-refractivity contribution >= 4 is 29.0 Å². The van der Waals surface area contributed by atoms with Crippen molar-refractivity contribution in [2.75, 3.05) is 32.0 Å². The summed E-state index contributed by atoms with van der Waals surface area (Å²) >= 11 is 12.4. The molecule has 3 unspecified atom stereocenters. The first-order chi connectivity index (χ1) is 17.4. The van der Waals surface area contributed by atoms with Crippen LogP contribution in [0.3, 0.4) is 0 Å². The number of nitrogen functional groups attached to an aromatic ring is 1. The van der Waals surface area contributed by atoms with Crippen molar-refractivity contribution in [2.24, 2.45) is 5.41 Å². The molecule has 0 aliphatic carbocycles. The fourth-order valence-corrected chi connectivity index (χ4v) is 5.66. The first kappa shape index (κ1) is 26.7. The lowest BCUT2D eigenvalue weighted by molar-refractivity contribution is -0.0387. The molecule has 3 N–H and O–H groups in total. The van der Waals surface area contributed by atoms with Crippen molar-refractivity contribution in [3.8, 4) is 16.9 Å². The van der Waals surface area contributed by atoms with E-state index in [0.717, 1.165) is 50.3 Å². The highest BCUT2D eigenvalue weighted by Crippen LogP contribution is 2.43. The maximum Gasteiger partial charge on any atom is 0.166 e. The summed E-state index contributed by atoms with van der Waals surface area (Å²) < 4.78 is 27.9. The molecule has 2 aliphatic heterocycles. The van der Waals surface area contributed by atoms with Gasteiger partial charge in [-0.05, 0) is 44.5 Å². The highest BCUT2D eigenvalue weighted by molar-refractivity contribution is 6.36. The number of hydrogen-bond acceptors (Lipinski definition) is 6. The molecule has 7 nitrogen and oxygen atoms in total. The lowest BCUT2D eigenvalue weighted by Crippen LogP contribution is -2.43. The van der Waals surface area contributed by atoms with Crippen LogP contribution in [0, 0.1) is 11.2 Å². The summed E-state index contributed by atoms with van der Waals surface area (Å²) in [6.07, 6.45) is 6.90. The summed E-state index contributed by atoms with van der Waals surface area (Å²) in [5, 5.41) is 8.40. The van der Waals surface area contributed by atoms with Gasteiger partial charge >= 0.3 is 0 Å². The molecule has 0 radical (unpaired) electrons. The monoisotopic (exact) mass is 535 g/mol. The molecule has 2 aliphatic rings. The standard InChI is InChI=1S/C24H26Cl2FN5O2.C2H6/c1-14(21-17(25)2-3-18(27)22(21)26)34-19-8-15(9-30-23(19)28)16-10-31-32(11-16)20-4-7-33-13-24(20)5-6-29-12-24;1-2/h2-3,8-11,14,20,29H,4-7,12-13H2,1H3,(H2,28,30);1-2H3. The van der Waals surface area contributed by atoms with Crippen molar-refractivity contribution < 1.29 is 13.9 Å². The van der Waals surface area contributed by atoms with Crippen molar-refractivity contribution in [1.29, 1.82) is 0 Å². The second-order valence-corrected chi connectivity index (χ2v) is 9.76. The van der Waals surface area contributed by atoms with E-state index in [4.69, 9.17) is 38.4 Å². The van der Waals surface area contributed by atoms with E-state index in [0.29, 0.717) is 16.3 Å². The zero-order chi connectivity index (χ0) is 25.9. The number of rotatable bonds is 5. The second kappa shape index (κ2) is 11.3. The number of anilines is 1. The largest absolute Gasteiger partial charge is 0.482 e. The first-order valence-electron chi connectivity index (χ1n) is 12.3. The van der Waals surface area contributed by atoms with E-state index >= 15 is 0 Å². The average Bonchev–Trinajstić information content (AvgIpc) is 3.56. The van der Waals surface area contributed by atoms with Gasteiger partial charge in [0.05, 0.1) is 23.9 Å². The summed E-state index contributed by atoms with van der Waals surface area (Å²) in [5.74, 6) is 0.0100. The smallest absolute Gasteiger partial charge is 0.166 e. The van der Waals surface area contributed by atoms with E-state index in [-0.39, 0.29) is 22.3 Å². The third kappa shape index (κ3) is 5.18. The van der Waals surface area contributed by atoms with Crippen LogP contribution in [0.5, 0.6) is 5.75 Å². The normalized spacial score (nSPS) is 22.2. The third-order valence-corrected chi connectivity index (χ3v) is 7.55. The second-order valence-electron chi connectivity index (χ2n) is 8.98. The van der Waals surface area contributed by atoms with Gasteiger partial charge in [0.1, 0.15) is 11.9 Å². The third-order valence-electron chi connectivity index (χ3n) is 6.83. The minimum Gasteiger partial charge on any atom is -0.482 e. The van der Waals surface area contributed by atoms with Crippen molar-refractivity contribution in [1.82, 2.24) is 20.1 Å². The maximum atomic E-state index is 14.0. The van der Waals surface area contributed by atoms with Crippen LogP contribution in [0.15, 0.2) is 36.8 Å². The van der Waals surface area contributed by atoms with Crippen LogP contribution in [0.25, 0.3) is 11.1 Å². The van der Waals surface area contributed by atoms with E-state index in [1.54, 1.807) is 19.2 Å². The SMILES string of the molecule is CC.CC(Oc1cc(-c2cnn(C3CCOCC34CCNC4)c2)cnc1N)c1c(Cl)ccc(F)c1Cl. The number of pyridine rings is 1. The van der Waals surface area contributed by atoms with Crippen LogP contribution in [0.4, 0.5) is 10.2 Å². The molecule has 1 aromatic carbocycles. The van der Waals surface area contributed by atoms with Gasteiger partial charge in [-0.3, -0.25) is 4.68 Å². The molecule has 36 heavy (non-hydrogen) atoms. The summed E-state index contributed by atoms with van der Waals surface area (Å²) in [6.45, 7) is 9.12. The molecule has 1 spiro atoms. The fourth-order valence-electron chi connectivity index (χ4n) is 4.99. The van der Waals surface area contributed by atoms with Gasteiger partial charge in [-0.15, -0.1) is 0 Å². The Hall–Kier alpha value is -2.39. The van der Waals surface area contributed by atoms with E-state index in [2.05, 4.69) is 20.1 Å². The zero-order valence-electron chi connectivity index (χ0n) is 20.7. The van der Waals surface area contributed by atoms with Gasteiger partial charge in [0.25, 0.3) is 0 Å². The minimum atomic E-state index is -0.644. The van der Waals surface area contributed by atoms with E-state index in [9.17, 15) is 4.39 Å². The number of nitrogens with one attached hydrogen (secondary N) is 1. The quantitative estimate of drug-likeness (QED) is 0.385. The number of nitrogens with two attached hydrogens (primary N) is 1. The summed E-state index contributed by atoms with van der Waals surface area (Å²) in [4.78, 5) is 4.30. The molecule has 5 rings (SSSR count). The molecule has 3 aromatic rings. The van der Waals surface area contributed by atoms with Crippen LogP contribution < -0.4 is 15.8 Å². The molecule has 2 aromatic heterocycles. The van der Waals surface area contributed by atoms with E-state index in [1.165, 1.54) is 12.1 Å². The number of ether oxygens (including phenoxy) is 2. The molecular weight excluding hydrogens is 504 g/mol. The molecular formula is C26H32Cl2FN5O2. The van der Waals surface area contributed by atoms with Crippen molar-refractivity contribution in [3.05, 3.63) is 58.2 Å². The van der Waals surface area contributed by atoms with Gasteiger partial charge in [-0.2, -0.15) is 5.10 Å². The number of nitrogens with zero attached hydrogens (tertiary/aromatic N) is 3. The predicted octanol–water partition coefficient (Wildman–Crippen LogP) is 6.08. The Kier molecular flexibility index (Phi) is 8.40. The summed E-state index contributed by atoms with van der Waals surface area (Å²) in [5.41, 5.74) is 8.22. The molecule has 0 saturated carbocycles. The maximum absolute atomic E-state index is 14.0. The minimum absolute atomic E-state index is 0.0636. The molecule has 194 valence electrons. The summed E-state index contributed by atoms with van der Waals surface area (Å²) in [7, 11) is 0. The summed E-state index contributed by atoms with van der Waals surface area (Å²) in [6, 6.07) is 4.74. The topological polar surface area (TPSA) is 87.2 Å². The van der Waals surface area contributed by atoms with Gasteiger partial charge in [0, 0.05) is 52.7 Å². The van der Waals surface area contributed by atoms with Crippen molar-refractivity contribution in [3.63, 3.8) is 0 Å². The van der Waals surface area contributed by atoms with E-state index < -0.39 is 11.9 Å². The molecule has 3 atom stereocenters. The molecule has 0 amide bonds. The zero-order valence-corrected chi connectivity index (χ0v) is 22.2. The Bertz CT molecular complexity index is 1200. The van der Waals surface area contributed by atoms with Crippen molar-refractivity contribution in [2.45, 2.75) is 45.8 Å². The number of halogens is 3.